The van der Waals surface area contributed by atoms with Gasteiger partial charge in [0.25, 0.3) is 0 Å². The van der Waals surface area contributed by atoms with Crippen LogP contribution in [0.2, 0.25) is 0 Å². The second kappa shape index (κ2) is 8.24. The summed E-state index contributed by atoms with van der Waals surface area (Å²) in [7, 11) is 0. The molecule has 146 valence electrons. The molecule has 0 bridgehead atoms. The van der Waals surface area contributed by atoms with Gasteiger partial charge in [0, 0.05) is 12.8 Å². The minimum absolute atomic E-state index is 0.0271. The second-order valence-electron chi connectivity index (χ2n) is 8.34. The summed E-state index contributed by atoms with van der Waals surface area (Å²) in [4.78, 5) is 37.3. The van der Waals surface area contributed by atoms with E-state index in [2.05, 4.69) is 20.8 Å². The molecular weight excluding hydrogens is 342 g/mol. The van der Waals surface area contributed by atoms with Gasteiger partial charge in [0.15, 0.2) is 0 Å². The molecular formula is C22H29NO4. The highest BCUT2D eigenvalue weighted by molar-refractivity contribution is 6.01. The molecule has 3 rings (SSSR count). The number of nitrogens with zero attached hydrogens (tertiary/aromatic N) is 1. The predicted octanol–water partition coefficient (Wildman–Crippen LogP) is 3.95. The van der Waals surface area contributed by atoms with Gasteiger partial charge in [0.1, 0.15) is 6.10 Å². The van der Waals surface area contributed by atoms with Crippen LogP contribution >= 0.6 is 0 Å². The second-order valence-corrected chi connectivity index (χ2v) is 8.34. The van der Waals surface area contributed by atoms with Crippen molar-refractivity contribution in [3.05, 3.63) is 35.4 Å². The van der Waals surface area contributed by atoms with Crippen LogP contribution in [-0.2, 0) is 20.9 Å². The molecule has 0 radical (unpaired) electrons. The van der Waals surface area contributed by atoms with Crippen LogP contribution < -0.4 is 0 Å². The number of rotatable bonds is 5. The zero-order chi connectivity index (χ0) is 19.6. The Morgan fingerprint density at radius 2 is 1.74 bits per heavy atom. The fourth-order valence-corrected chi connectivity index (χ4v) is 4.18. The molecule has 3 atom stereocenters. The van der Waals surface area contributed by atoms with Crippen LogP contribution in [0.5, 0.6) is 0 Å². The molecule has 5 heteroatoms. The van der Waals surface area contributed by atoms with E-state index in [1.54, 1.807) is 24.3 Å². The highest BCUT2D eigenvalue weighted by Gasteiger charge is 2.33. The normalized spacial score (nSPS) is 25.9. The molecule has 2 fully saturated rings. The number of hydrogen-bond acceptors (Lipinski definition) is 4. The third-order valence-corrected chi connectivity index (χ3v) is 5.90. The molecule has 2 aliphatic rings. The Morgan fingerprint density at radius 1 is 1.11 bits per heavy atom. The number of esters is 1. The van der Waals surface area contributed by atoms with Crippen molar-refractivity contribution >= 4 is 17.8 Å². The van der Waals surface area contributed by atoms with Crippen molar-refractivity contribution in [3.8, 4) is 0 Å². The quantitative estimate of drug-likeness (QED) is 0.581. The smallest absolute Gasteiger partial charge is 0.338 e. The number of carbonyl (C=O) groups excluding carboxylic acids is 3. The summed E-state index contributed by atoms with van der Waals surface area (Å²) in [6.45, 7) is 6.87. The summed E-state index contributed by atoms with van der Waals surface area (Å²) >= 11 is 0. The first-order valence-electron chi connectivity index (χ1n) is 9.98. The van der Waals surface area contributed by atoms with Crippen molar-refractivity contribution < 1.29 is 19.1 Å². The first-order valence-corrected chi connectivity index (χ1v) is 9.98. The van der Waals surface area contributed by atoms with Gasteiger partial charge >= 0.3 is 5.97 Å². The van der Waals surface area contributed by atoms with E-state index in [4.69, 9.17) is 4.74 Å². The van der Waals surface area contributed by atoms with Crippen LogP contribution in [0.1, 0.15) is 68.8 Å². The van der Waals surface area contributed by atoms with E-state index in [1.807, 2.05) is 0 Å². The minimum Gasteiger partial charge on any atom is -0.458 e. The average molecular weight is 371 g/mol. The summed E-state index contributed by atoms with van der Waals surface area (Å²) < 4.78 is 5.87. The van der Waals surface area contributed by atoms with Crippen LogP contribution in [0.3, 0.4) is 0 Å². The molecule has 5 nitrogen and oxygen atoms in total. The Labute approximate surface area is 161 Å². The van der Waals surface area contributed by atoms with Gasteiger partial charge in [-0.25, -0.2) is 4.79 Å². The van der Waals surface area contributed by atoms with Crippen molar-refractivity contribution in [3.63, 3.8) is 0 Å². The van der Waals surface area contributed by atoms with E-state index in [9.17, 15) is 14.4 Å². The van der Waals surface area contributed by atoms with Crippen LogP contribution in [-0.4, -0.2) is 28.8 Å². The van der Waals surface area contributed by atoms with Gasteiger partial charge in [-0.2, -0.15) is 0 Å². The van der Waals surface area contributed by atoms with Crippen LogP contribution in [0.15, 0.2) is 24.3 Å². The largest absolute Gasteiger partial charge is 0.458 e. The maximum absolute atomic E-state index is 12.6. The van der Waals surface area contributed by atoms with Crippen molar-refractivity contribution in [2.24, 2.45) is 17.8 Å². The van der Waals surface area contributed by atoms with Crippen LogP contribution in [0.25, 0.3) is 0 Å². The van der Waals surface area contributed by atoms with Gasteiger partial charge in [-0.05, 0) is 48.3 Å². The van der Waals surface area contributed by atoms with Gasteiger partial charge in [0.05, 0.1) is 12.1 Å². The lowest BCUT2D eigenvalue weighted by Gasteiger charge is -2.36. The molecule has 1 aromatic rings. The van der Waals surface area contributed by atoms with Gasteiger partial charge in [-0.15, -0.1) is 0 Å². The summed E-state index contributed by atoms with van der Waals surface area (Å²) in [6, 6.07) is 7.02. The van der Waals surface area contributed by atoms with Crippen LogP contribution in [0, 0.1) is 17.8 Å². The zero-order valence-corrected chi connectivity index (χ0v) is 16.4. The number of likely N-dealkylation sites (tertiary alicyclic amines) is 1. The van der Waals surface area contributed by atoms with Crippen molar-refractivity contribution in [2.45, 2.75) is 65.5 Å². The molecule has 1 aliphatic heterocycles. The molecule has 1 saturated carbocycles. The third-order valence-electron chi connectivity index (χ3n) is 5.90. The molecule has 1 saturated heterocycles. The highest BCUT2D eigenvalue weighted by Crippen LogP contribution is 2.35. The van der Waals surface area contributed by atoms with E-state index >= 15 is 0 Å². The number of hydrogen-bond donors (Lipinski definition) is 0. The van der Waals surface area contributed by atoms with E-state index in [1.165, 1.54) is 11.3 Å². The summed E-state index contributed by atoms with van der Waals surface area (Å²) in [5.74, 6) is 0.935. The SMILES string of the molecule is CC1CCC(C(C)C)C(OC(=O)c2ccc(CN3C(=O)CCC3=O)cc2)C1. The van der Waals surface area contributed by atoms with E-state index in [0.717, 1.165) is 18.4 Å². The van der Waals surface area contributed by atoms with E-state index < -0.39 is 0 Å². The molecule has 3 unspecified atom stereocenters. The number of benzene rings is 1. The molecule has 1 aromatic carbocycles. The summed E-state index contributed by atoms with van der Waals surface area (Å²) in [6.07, 6.45) is 3.78. The number of amides is 2. The monoisotopic (exact) mass is 371 g/mol. The summed E-state index contributed by atoms with van der Waals surface area (Å²) in [5, 5.41) is 0. The predicted molar refractivity (Wildman–Crippen MR) is 102 cm³/mol. The zero-order valence-electron chi connectivity index (χ0n) is 16.4. The molecule has 27 heavy (non-hydrogen) atoms. The Balaban J connectivity index is 1.63. The van der Waals surface area contributed by atoms with Crippen LogP contribution in [0.4, 0.5) is 0 Å². The van der Waals surface area contributed by atoms with Gasteiger partial charge < -0.3 is 4.74 Å². The molecule has 2 amide bonds. The van der Waals surface area contributed by atoms with Gasteiger partial charge in [-0.1, -0.05) is 39.3 Å². The van der Waals surface area contributed by atoms with E-state index in [-0.39, 0.29) is 30.4 Å². The lowest BCUT2D eigenvalue weighted by Crippen LogP contribution is -2.35. The van der Waals surface area contributed by atoms with Crippen molar-refractivity contribution in [1.82, 2.24) is 4.90 Å². The Kier molecular flexibility index (Phi) is 5.98. The molecule has 0 aromatic heterocycles. The average Bonchev–Trinajstić information content (AvgIpc) is 2.94. The Bertz CT molecular complexity index is 694. The Hall–Kier alpha value is -2.17. The molecule has 1 heterocycles. The number of ether oxygens (including phenoxy) is 1. The number of carbonyl (C=O) groups is 3. The lowest BCUT2D eigenvalue weighted by molar-refractivity contribution is -0.139. The number of imide groups is 1. The first kappa shape index (κ1) is 19.6. The topological polar surface area (TPSA) is 63.7 Å². The fraction of sp³-hybridized carbons (Fsp3) is 0.591. The molecule has 1 aliphatic carbocycles. The molecule has 0 N–H and O–H groups in total. The fourth-order valence-electron chi connectivity index (χ4n) is 4.18. The summed E-state index contributed by atoms with van der Waals surface area (Å²) in [5.41, 5.74) is 1.35. The van der Waals surface area contributed by atoms with E-state index in [0.29, 0.717) is 36.2 Å². The van der Waals surface area contributed by atoms with Gasteiger partial charge in [-0.3, -0.25) is 14.5 Å². The molecule has 0 spiro atoms. The Morgan fingerprint density at radius 3 is 2.33 bits per heavy atom. The minimum atomic E-state index is -0.292. The standard InChI is InChI=1S/C22H29NO4/c1-14(2)18-9-4-15(3)12-19(18)27-22(26)17-7-5-16(6-8-17)13-23-20(24)10-11-21(23)25/h5-8,14-15,18-19H,4,9-13H2,1-3H3. The van der Waals surface area contributed by atoms with Crippen molar-refractivity contribution in [2.75, 3.05) is 0 Å². The maximum Gasteiger partial charge on any atom is 0.338 e. The highest BCUT2D eigenvalue weighted by atomic mass is 16.5. The maximum atomic E-state index is 12.6. The van der Waals surface area contributed by atoms with Gasteiger partial charge in [0.2, 0.25) is 11.8 Å². The third kappa shape index (κ3) is 4.57. The first-order chi connectivity index (χ1) is 12.8. The van der Waals surface area contributed by atoms with Crippen molar-refractivity contribution in [1.29, 1.82) is 0 Å². The lowest BCUT2D eigenvalue weighted by atomic mass is 9.75.